The van der Waals surface area contributed by atoms with E-state index >= 15 is 0 Å². The van der Waals surface area contributed by atoms with E-state index in [9.17, 15) is 18.4 Å². The van der Waals surface area contributed by atoms with Crippen LogP contribution in [0.3, 0.4) is 0 Å². The molecule has 4 rings (SSSR count). The molecular formula is C22H19Cl2F2N5O2S. The van der Waals surface area contributed by atoms with Gasteiger partial charge in [-0.05, 0) is 29.8 Å². The fourth-order valence-electron chi connectivity index (χ4n) is 3.43. The zero-order valence-corrected chi connectivity index (χ0v) is 20.1. The second-order valence-corrected chi connectivity index (χ2v) is 9.53. The first-order valence-corrected chi connectivity index (χ1v) is 11.9. The number of carbonyl (C=O) groups excluding carboxylic acids is 2. The summed E-state index contributed by atoms with van der Waals surface area (Å²) in [7, 11) is 0. The van der Waals surface area contributed by atoms with Crippen molar-refractivity contribution in [2.45, 2.75) is 13.1 Å². The summed E-state index contributed by atoms with van der Waals surface area (Å²) in [5.41, 5.74) is 0.244. The number of thiazole rings is 1. The van der Waals surface area contributed by atoms with Crippen LogP contribution in [0.4, 0.5) is 8.78 Å². The topological polar surface area (TPSA) is 78.4 Å². The highest BCUT2D eigenvalue weighted by Crippen LogP contribution is 2.21. The van der Waals surface area contributed by atoms with Crippen LogP contribution in [0.25, 0.3) is 0 Å². The Labute approximate surface area is 208 Å². The van der Waals surface area contributed by atoms with Crippen molar-refractivity contribution in [3.05, 3.63) is 79.5 Å². The summed E-state index contributed by atoms with van der Waals surface area (Å²) < 4.78 is 27.2. The number of pyridine rings is 1. The standard InChI is InChI=1S/C22H19Cl2F2N5O2S/c23-14-2-1-13(15(24)9-14)10-28-21(32)17-11-27-19(34-17)12-30-5-7-31(8-6-30)22(33)20-16(25)3-4-18(26)29-20/h1-4,9,11H,5-8,10,12H2,(H,28,32). The lowest BCUT2D eigenvalue weighted by Gasteiger charge is -2.34. The van der Waals surface area contributed by atoms with Crippen LogP contribution in [0.1, 0.15) is 30.7 Å². The van der Waals surface area contributed by atoms with Crippen LogP contribution in [0.2, 0.25) is 10.0 Å². The van der Waals surface area contributed by atoms with Gasteiger partial charge < -0.3 is 10.2 Å². The first-order valence-electron chi connectivity index (χ1n) is 10.3. The predicted molar refractivity (Wildman–Crippen MR) is 125 cm³/mol. The number of halogens is 4. The lowest BCUT2D eigenvalue weighted by molar-refractivity contribution is 0.0616. The Morgan fingerprint density at radius 2 is 1.85 bits per heavy atom. The van der Waals surface area contributed by atoms with Gasteiger partial charge in [-0.25, -0.2) is 14.4 Å². The molecule has 1 fully saturated rings. The maximum absolute atomic E-state index is 13.9. The first-order chi connectivity index (χ1) is 16.3. The maximum Gasteiger partial charge on any atom is 0.275 e. The molecule has 1 aliphatic rings. The largest absolute Gasteiger partial charge is 0.347 e. The number of hydrogen-bond donors (Lipinski definition) is 1. The lowest BCUT2D eigenvalue weighted by Crippen LogP contribution is -2.48. The second-order valence-electron chi connectivity index (χ2n) is 7.57. The highest BCUT2D eigenvalue weighted by Gasteiger charge is 2.26. The second kappa shape index (κ2) is 10.7. The number of carbonyl (C=O) groups is 2. The molecule has 178 valence electrons. The zero-order chi connectivity index (χ0) is 24.2. The summed E-state index contributed by atoms with van der Waals surface area (Å²) in [5, 5.41) is 4.58. The van der Waals surface area contributed by atoms with E-state index in [0.29, 0.717) is 47.6 Å². The molecule has 1 saturated heterocycles. The molecule has 1 aliphatic heterocycles. The van der Waals surface area contributed by atoms with Gasteiger partial charge in [-0.2, -0.15) is 4.39 Å². The Morgan fingerprint density at radius 1 is 1.09 bits per heavy atom. The molecule has 0 bridgehead atoms. The van der Waals surface area contributed by atoms with E-state index in [4.69, 9.17) is 23.2 Å². The predicted octanol–water partition coefficient (Wildman–Crippen LogP) is 4.01. The molecule has 7 nitrogen and oxygen atoms in total. The monoisotopic (exact) mass is 525 g/mol. The van der Waals surface area contributed by atoms with Crippen LogP contribution in [0.15, 0.2) is 36.5 Å². The molecule has 0 atom stereocenters. The third-order valence-corrected chi connectivity index (χ3v) is 6.83. The summed E-state index contributed by atoms with van der Waals surface area (Å²) in [4.78, 5) is 36.7. The molecule has 3 heterocycles. The van der Waals surface area contributed by atoms with E-state index in [2.05, 4.69) is 20.2 Å². The molecule has 34 heavy (non-hydrogen) atoms. The highest BCUT2D eigenvalue weighted by molar-refractivity contribution is 7.13. The minimum atomic E-state index is -0.900. The molecule has 0 spiro atoms. The smallest absolute Gasteiger partial charge is 0.275 e. The molecule has 3 aromatic rings. The van der Waals surface area contributed by atoms with E-state index < -0.39 is 23.4 Å². The highest BCUT2D eigenvalue weighted by atomic mass is 35.5. The van der Waals surface area contributed by atoms with Crippen LogP contribution in [-0.4, -0.2) is 57.8 Å². The normalized spacial score (nSPS) is 14.3. The van der Waals surface area contributed by atoms with Gasteiger partial charge in [-0.1, -0.05) is 29.3 Å². The number of piperazine rings is 1. The summed E-state index contributed by atoms with van der Waals surface area (Å²) in [6.45, 7) is 2.51. The van der Waals surface area contributed by atoms with Gasteiger partial charge in [0, 0.05) is 42.8 Å². The summed E-state index contributed by atoms with van der Waals surface area (Å²) >= 11 is 13.3. The third kappa shape index (κ3) is 5.87. The average molecular weight is 526 g/mol. The molecular weight excluding hydrogens is 507 g/mol. The molecule has 2 aromatic heterocycles. The number of amides is 2. The number of benzene rings is 1. The van der Waals surface area contributed by atoms with Crippen molar-refractivity contribution in [2.24, 2.45) is 0 Å². The van der Waals surface area contributed by atoms with Gasteiger partial charge in [-0.3, -0.25) is 14.5 Å². The van der Waals surface area contributed by atoms with Crippen LogP contribution in [-0.2, 0) is 13.1 Å². The molecule has 2 amide bonds. The Kier molecular flexibility index (Phi) is 7.72. The van der Waals surface area contributed by atoms with Crippen molar-refractivity contribution in [2.75, 3.05) is 26.2 Å². The third-order valence-electron chi connectivity index (χ3n) is 5.26. The summed E-state index contributed by atoms with van der Waals surface area (Å²) in [6, 6.07) is 6.85. The SMILES string of the molecule is O=C(NCc1ccc(Cl)cc1Cl)c1cnc(CN2CCN(C(=O)c3nc(F)ccc3F)CC2)s1. The summed E-state index contributed by atoms with van der Waals surface area (Å²) in [5.74, 6) is -2.63. The molecule has 0 unspecified atom stereocenters. The van der Waals surface area contributed by atoms with E-state index in [1.54, 1.807) is 18.2 Å². The minimum Gasteiger partial charge on any atom is -0.347 e. The average Bonchev–Trinajstić information content (AvgIpc) is 3.28. The van der Waals surface area contributed by atoms with Crippen LogP contribution in [0, 0.1) is 11.8 Å². The maximum atomic E-state index is 13.9. The van der Waals surface area contributed by atoms with E-state index in [1.165, 1.54) is 22.4 Å². The number of hydrogen-bond acceptors (Lipinski definition) is 6. The van der Waals surface area contributed by atoms with Crippen molar-refractivity contribution in [3.8, 4) is 0 Å². The quantitative estimate of drug-likeness (QED) is 0.492. The zero-order valence-electron chi connectivity index (χ0n) is 17.7. The molecule has 0 radical (unpaired) electrons. The van der Waals surface area contributed by atoms with Crippen molar-refractivity contribution < 1.29 is 18.4 Å². The van der Waals surface area contributed by atoms with Crippen molar-refractivity contribution in [3.63, 3.8) is 0 Å². The number of aromatic nitrogens is 2. The molecule has 1 aromatic carbocycles. The molecule has 1 N–H and O–H groups in total. The molecule has 12 heteroatoms. The van der Waals surface area contributed by atoms with Crippen molar-refractivity contribution >= 4 is 46.4 Å². The van der Waals surface area contributed by atoms with Crippen LogP contribution >= 0.6 is 34.5 Å². The van der Waals surface area contributed by atoms with Crippen LogP contribution < -0.4 is 5.32 Å². The number of nitrogens with one attached hydrogen (secondary N) is 1. The Bertz CT molecular complexity index is 1220. The number of nitrogens with zero attached hydrogens (tertiary/aromatic N) is 4. The number of rotatable bonds is 6. The van der Waals surface area contributed by atoms with Gasteiger partial charge >= 0.3 is 0 Å². The fourth-order valence-corrected chi connectivity index (χ4v) is 4.79. The van der Waals surface area contributed by atoms with Gasteiger partial charge in [-0.15, -0.1) is 11.3 Å². The van der Waals surface area contributed by atoms with Gasteiger partial charge in [0.2, 0.25) is 5.95 Å². The molecule has 0 aliphatic carbocycles. The Hall–Kier alpha value is -2.66. The van der Waals surface area contributed by atoms with Crippen molar-refractivity contribution in [1.82, 2.24) is 25.1 Å². The van der Waals surface area contributed by atoms with Crippen LogP contribution in [0.5, 0.6) is 0 Å². The minimum absolute atomic E-state index is 0.255. The van der Waals surface area contributed by atoms with E-state index in [0.717, 1.165) is 22.7 Å². The van der Waals surface area contributed by atoms with Gasteiger partial charge in [0.15, 0.2) is 11.5 Å². The van der Waals surface area contributed by atoms with E-state index in [-0.39, 0.29) is 12.5 Å². The van der Waals surface area contributed by atoms with Crippen molar-refractivity contribution in [1.29, 1.82) is 0 Å². The Morgan fingerprint density at radius 3 is 2.59 bits per heavy atom. The summed E-state index contributed by atoms with van der Waals surface area (Å²) in [6.07, 6.45) is 1.52. The van der Waals surface area contributed by atoms with E-state index in [1.807, 2.05) is 0 Å². The fraction of sp³-hybridized carbons (Fsp3) is 0.273. The van der Waals surface area contributed by atoms with Gasteiger partial charge in [0.25, 0.3) is 11.8 Å². The van der Waals surface area contributed by atoms with Gasteiger partial charge in [0.05, 0.1) is 12.7 Å². The first kappa shape index (κ1) is 24.5. The lowest BCUT2D eigenvalue weighted by atomic mass is 10.2. The van der Waals surface area contributed by atoms with Gasteiger partial charge in [0.1, 0.15) is 9.88 Å². The molecule has 0 saturated carbocycles. The Balaban J connectivity index is 1.28.